The van der Waals surface area contributed by atoms with Crippen LogP contribution in [0.5, 0.6) is 0 Å². The van der Waals surface area contributed by atoms with Crippen LogP contribution in [0.25, 0.3) is 10.4 Å². The van der Waals surface area contributed by atoms with Crippen molar-refractivity contribution in [2.24, 2.45) is 5.73 Å². The molecular weight excluding hydrogens is 294 g/mol. The zero-order valence-electron chi connectivity index (χ0n) is 12.9. The second-order valence-electron chi connectivity index (χ2n) is 6.03. The number of aryl methyl sites for hydroxylation is 1. The molecule has 0 amide bonds. The van der Waals surface area contributed by atoms with E-state index in [9.17, 15) is 5.11 Å². The Labute approximate surface area is 135 Å². The summed E-state index contributed by atoms with van der Waals surface area (Å²) < 4.78 is 0. The van der Waals surface area contributed by atoms with E-state index in [-0.39, 0.29) is 12.1 Å². The molecule has 1 saturated heterocycles. The second kappa shape index (κ2) is 6.87. The fraction of sp³-hybridized carbons (Fsp3) is 0.471. The van der Waals surface area contributed by atoms with E-state index in [1.807, 2.05) is 12.4 Å². The molecule has 1 aliphatic heterocycles. The molecule has 2 aromatic rings. The number of likely N-dealkylation sites (tertiary alicyclic amines) is 1. The number of hydrogen-bond donors (Lipinski definition) is 2. The molecule has 0 unspecified atom stereocenters. The predicted molar refractivity (Wildman–Crippen MR) is 90.9 cm³/mol. The van der Waals surface area contributed by atoms with Crippen molar-refractivity contribution in [3.63, 3.8) is 0 Å². The van der Waals surface area contributed by atoms with Crippen molar-refractivity contribution < 1.29 is 5.11 Å². The third-order valence-electron chi connectivity index (χ3n) is 4.36. The van der Waals surface area contributed by atoms with Gasteiger partial charge in [0, 0.05) is 25.7 Å². The van der Waals surface area contributed by atoms with E-state index in [1.165, 1.54) is 10.4 Å². The van der Waals surface area contributed by atoms with Gasteiger partial charge in [-0.3, -0.25) is 0 Å². The predicted octanol–water partition coefficient (Wildman–Crippen LogP) is 2.58. The van der Waals surface area contributed by atoms with Crippen molar-refractivity contribution in [1.29, 1.82) is 0 Å². The lowest BCUT2D eigenvalue weighted by Crippen LogP contribution is -2.39. The summed E-state index contributed by atoms with van der Waals surface area (Å²) in [5.41, 5.74) is 11.7. The molecule has 5 heteroatoms. The Morgan fingerprint density at radius 1 is 1.32 bits per heavy atom. The van der Waals surface area contributed by atoms with Gasteiger partial charge in [-0.25, -0.2) is 4.98 Å². The summed E-state index contributed by atoms with van der Waals surface area (Å²) in [6.45, 7) is 4.77. The van der Waals surface area contributed by atoms with Crippen LogP contribution in [-0.2, 0) is 0 Å². The van der Waals surface area contributed by atoms with Crippen LogP contribution in [0.2, 0.25) is 0 Å². The Bertz CT molecular complexity index is 603. The van der Waals surface area contributed by atoms with Crippen molar-refractivity contribution in [2.45, 2.75) is 31.9 Å². The van der Waals surface area contributed by atoms with Gasteiger partial charge in [-0.2, -0.15) is 0 Å². The van der Waals surface area contributed by atoms with E-state index in [0.717, 1.165) is 43.7 Å². The highest BCUT2D eigenvalue weighted by Crippen LogP contribution is 2.28. The highest BCUT2D eigenvalue weighted by atomic mass is 32.1. The van der Waals surface area contributed by atoms with Gasteiger partial charge in [0.2, 0.25) is 0 Å². The summed E-state index contributed by atoms with van der Waals surface area (Å²) in [5, 5.41) is 9.56. The van der Waals surface area contributed by atoms with E-state index < -0.39 is 0 Å². The van der Waals surface area contributed by atoms with E-state index in [2.05, 4.69) is 34.1 Å². The second-order valence-corrected chi connectivity index (χ2v) is 6.88. The molecule has 22 heavy (non-hydrogen) atoms. The number of nitrogens with zero attached hydrogens (tertiary/aromatic N) is 2. The van der Waals surface area contributed by atoms with Gasteiger partial charge < -0.3 is 15.7 Å². The van der Waals surface area contributed by atoms with Crippen LogP contribution in [0, 0.1) is 6.92 Å². The minimum absolute atomic E-state index is 0.0202. The van der Waals surface area contributed by atoms with Crippen molar-refractivity contribution in [2.75, 3.05) is 19.6 Å². The molecule has 1 aromatic carbocycles. The number of hydrogen-bond acceptors (Lipinski definition) is 5. The average molecular weight is 317 g/mol. The van der Waals surface area contributed by atoms with Gasteiger partial charge in [0.05, 0.1) is 22.2 Å². The fourth-order valence-corrected chi connectivity index (χ4v) is 3.76. The van der Waals surface area contributed by atoms with Crippen LogP contribution in [-0.4, -0.2) is 40.7 Å². The number of benzene rings is 1. The fourth-order valence-electron chi connectivity index (χ4n) is 2.95. The number of aliphatic hydroxyl groups excluding tert-OH is 1. The molecule has 2 heterocycles. The monoisotopic (exact) mass is 317 g/mol. The van der Waals surface area contributed by atoms with Crippen molar-refractivity contribution in [1.82, 2.24) is 9.88 Å². The Hall–Kier alpha value is -1.27. The molecule has 0 bridgehead atoms. The maximum atomic E-state index is 9.56. The summed E-state index contributed by atoms with van der Waals surface area (Å²) >= 11 is 1.67. The maximum Gasteiger partial charge on any atom is 0.0801 e. The quantitative estimate of drug-likeness (QED) is 0.910. The largest absolute Gasteiger partial charge is 0.393 e. The minimum atomic E-state index is -0.130. The smallest absolute Gasteiger partial charge is 0.0801 e. The molecule has 1 aliphatic rings. The Morgan fingerprint density at radius 2 is 2.00 bits per heavy atom. The van der Waals surface area contributed by atoms with E-state index >= 15 is 0 Å². The maximum absolute atomic E-state index is 9.56. The van der Waals surface area contributed by atoms with Gasteiger partial charge in [-0.05, 0) is 30.9 Å². The minimum Gasteiger partial charge on any atom is -0.393 e. The van der Waals surface area contributed by atoms with Crippen LogP contribution in [0.1, 0.15) is 30.1 Å². The third-order valence-corrected chi connectivity index (χ3v) is 5.34. The molecule has 1 atom stereocenters. The first kappa shape index (κ1) is 15.6. The first-order valence-corrected chi connectivity index (χ1v) is 8.68. The molecule has 1 aromatic heterocycles. The SMILES string of the molecule is Cc1ncsc1-c1ccc([C@@H](N)CN2CCC(O)CC2)cc1. The number of aromatic nitrogens is 1. The van der Waals surface area contributed by atoms with Crippen molar-refractivity contribution >= 4 is 11.3 Å². The summed E-state index contributed by atoms with van der Waals surface area (Å²) in [6.07, 6.45) is 1.58. The first-order valence-electron chi connectivity index (χ1n) is 7.80. The topological polar surface area (TPSA) is 62.4 Å². The van der Waals surface area contributed by atoms with Crippen LogP contribution in [0.4, 0.5) is 0 Å². The standard InChI is InChI=1S/C17H23N3OS/c1-12-17(22-11-19-12)14-4-2-13(3-5-14)16(18)10-20-8-6-15(21)7-9-20/h2-5,11,15-16,21H,6-10,18H2,1H3/t16-/m0/s1. The molecule has 3 rings (SSSR count). The highest BCUT2D eigenvalue weighted by Gasteiger charge is 2.19. The van der Waals surface area contributed by atoms with Gasteiger partial charge in [0.1, 0.15) is 0 Å². The normalized spacial score (nSPS) is 18.5. The zero-order valence-corrected chi connectivity index (χ0v) is 13.7. The molecular formula is C17H23N3OS. The third kappa shape index (κ3) is 3.55. The van der Waals surface area contributed by atoms with E-state index in [1.54, 1.807) is 11.3 Å². The summed E-state index contributed by atoms with van der Waals surface area (Å²) in [6, 6.07) is 8.54. The molecule has 0 spiro atoms. The van der Waals surface area contributed by atoms with Gasteiger partial charge in [0.15, 0.2) is 0 Å². The summed E-state index contributed by atoms with van der Waals surface area (Å²) in [5.74, 6) is 0. The molecule has 0 saturated carbocycles. The number of aliphatic hydroxyl groups is 1. The lowest BCUT2D eigenvalue weighted by molar-refractivity contribution is 0.0798. The van der Waals surface area contributed by atoms with Crippen LogP contribution in [0.15, 0.2) is 29.8 Å². The number of piperidine rings is 1. The number of rotatable bonds is 4. The van der Waals surface area contributed by atoms with Gasteiger partial charge in [-0.1, -0.05) is 24.3 Å². The van der Waals surface area contributed by atoms with Gasteiger partial charge >= 0.3 is 0 Å². The average Bonchev–Trinajstić information content (AvgIpc) is 2.96. The molecule has 0 aliphatic carbocycles. The lowest BCUT2D eigenvalue weighted by atomic mass is 10.0. The molecule has 4 nitrogen and oxygen atoms in total. The van der Waals surface area contributed by atoms with E-state index in [4.69, 9.17) is 5.73 Å². The Kier molecular flexibility index (Phi) is 4.88. The van der Waals surface area contributed by atoms with Gasteiger partial charge in [-0.15, -0.1) is 11.3 Å². The van der Waals surface area contributed by atoms with Crippen molar-refractivity contribution in [3.05, 3.63) is 41.0 Å². The van der Waals surface area contributed by atoms with E-state index in [0.29, 0.717) is 0 Å². The number of thiazole rings is 1. The Balaban J connectivity index is 1.64. The first-order chi connectivity index (χ1) is 10.6. The summed E-state index contributed by atoms with van der Waals surface area (Å²) in [7, 11) is 0. The molecule has 0 radical (unpaired) electrons. The Morgan fingerprint density at radius 3 is 2.59 bits per heavy atom. The molecule has 1 fully saturated rings. The highest BCUT2D eigenvalue weighted by molar-refractivity contribution is 7.13. The van der Waals surface area contributed by atoms with Gasteiger partial charge in [0.25, 0.3) is 0 Å². The molecule has 3 N–H and O–H groups in total. The van der Waals surface area contributed by atoms with Crippen molar-refractivity contribution in [3.8, 4) is 10.4 Å². The number of nitrogens with two attached hydrogens (primary N) is 1. The van der Waals surface area contributed by atoms with Crippen LogP contribution < -0.4 is 5.73 Å². The van der Waals surface area contributed by atoms with Crippen LogP contribution >= 0.6 is 11.3 Å². The lowest BCUT2D eigenvalue weighted by Gasteiger charge is -2.31. The zero-order chi connectivity index (χ0) is 15.5. The van der Waals surface area contributed by atoms with Crippen LogP contribution in [0.3, 0.4) is 0 Å². The summed E-state index contributed by atoms with van der Waals surface area (Å²) in [4.78, 5) is 7.87. The molecule has 118 valence electrons.